The third-order valence-electron chi connectivity index (χ3n) is 9.90. The van der Waals surface area contributed by atoms with Crippen molar-refractivity contribution in [2.75, 3.05) is 19.7 Å². The van der Waals surface area contributed by atoms with E-state index in [0.717, 1.165) is 46.1 Å². The van der Waals surface area contributed by atoms with Crippen LogP contribution in [-0.2, 0) is 16.0 Å². The van der Waals surface area contributed by atoms with E-state index in [-0.39, 0.29) is 43.2 Å². The van der Waals surface area contributed by atoms with E-state index in [1.54, 1.807) is 6.08 Å². The molecule has 0 spiro atoms. The molecule has 4 fully saturated rings. The van der Waals surface area contributed by atoms with Crippen LogP contribution in [0.4, 0.5) is 0 Å². The normalized spacial score (nSPS) is 31.4. The van der Waals surface area contributed by atoms with Gasteiger partial charge >= 0.3 is 0 Å². The molecule has 0 heterocycles. The standard InChI is InChI=1S/C34H41IN2O5/c35-27-8-4-5-9-29(27)42-30-17-26(33(41)36-10-11-38)16-28(32(30)40)37(31(39)15-22-6-2-1-3-7-22)21-34-18-23-12-24(19-34)14-25(13-23)20-34/h1-9,17,23-25,28,30,32,38,40H,10-16,18-21H2,(H,36,41). The second kappa shape index (κ2) is 12.7. The predicted molar refractivity (Wildman–Crippen MR) is 169 cm³/mol. The van der Waals surface area contributed by atoms with Gasteiger partial charge in [0.2, 0.25) is 11.8 Å². The van der Waals surface area contributed by atoms with Crippen molar-refractivity contribution in [3.8, 4) is 5.75 Å². The van der Waals surface area contributed by atoms with Gasteiger partial charge in [-0.2, -0.15) is 0 Å². The number of aliphatic hydroxyl groups is 2. The van der Waals surface area contributed by atoms with Gasteiger partial charge in [-0.05, 0) is 108 Å². The third kappa shape index (κ3) is 6.40. The molecular weight excluding hydrogens is 643 g/mol. The zero-order valence-corrected chi connectivity index (χ0v) is 26.1. The molecule has 2 aromatic rings. The zero-order chi connectivity index (χ0) is 29.3. The molecule has 0 aromatic heterocycles. The molecule has 5 aliphatic rings. The Balaban J connectivity index is 1.33. The van der Waals surface area contributed by atoms with E-state index in [1.807, 2.05) is 59.5 Å². The summed E-state index contributed by atoms with van der Waals surface area (Å²) in [6.07, 6.45) is 7.71. The van der Waals surface area contributed by atoms with Crippen molar-refractivity contribution in [1.29, 1.82) is 0 Å². The number of ether oxygens (including phenoxy) is 1. The lowest BCUT2D eigenvalue weighted by atomic mass is 9.49. The minimum Gasteiger partial charge on any atom is -0.482 e. The fourth-order valence-electron chi connectivity index (χ4n) is 8.57. The van der Waals surface area contributed by atoms with Gasteiger partial charge < -0.3 is 25.2 Å². The Bertz CT molecular complexity index is 1280. The summed E-state index contributed by atoms with van der Waals surface area (Å²) in [5.41, 5.74) is 1.47. The Labute approximate surface area is 261 Å². The van der Waals surface area contributed by atoms with Crippen molar-refractivity contribution in [1.82, 2.24) is 10.2 Å². The molecule has 2 amide bonds. The van der Waals surface area contributed by atoms with Gasteiger partial charge in [0.25, 0.3) is 0 Å². The van der Waals surface area contributed by atoms with Crippen molar-refractivity contribution >= 4 is 34.4 Å². The van der Waals surface area contributed by atoms with Crippen molar-refractivity contribution in [3.63, 3.8) is 0 Å². The highest BCUT2D eigenvalue weighted by molar-refractivity contribution is 14.1. The first-order chi connectivity index (χ1) is 20.3. The van der Waals surface area contributed by atoms with Crippen LogP contribution in [0.5, 0.6) is 5.75 Å². The lowest BCUT2D eigenvalue weighted by Crippen LogP contribution is -2.59. The first-order valence-corrected chi connectivity index (χ1v) is 16.4. The Morgan fingerprint density at radius 1 is 0.976 bits per heavy atom. The molecule has 2 aromatic carbocycles. The van der Waals surface area contributed by atoms with E-state index in [0.29, 0.717) is 17.9 Å². The lowest BCUT2D eigenvalue weighted by Gasteiger charge is -2.58. The fraction of sp³-hybridized carbons (Fsp3) is 0.529. The van der Waals surface area contributed by atoms with Crippen molar-refractivity contribution < 1.29 is 24.5 Å². The number of nitrogens with zero attached hydrogens (tertiary/aromatic N) is 1. The number of rotatable bonds is 10. The van der Waals surface area contributed by atoms with Crippen LogP contribution < -0.4 is 10.1 Å². The predicted octanol–water partition coefficient (Wildman–Crippen LogP) is 4.49. The summed E-state index contributed by atoms with van der Waals surface area (Å²) in [6, 6.07) is 16.7. The van der Waals surface area contributed by atoms with Gasteiger partial charge in [-0.1, -0.05) is 42.5 Å². The summed E-state index contributed by atoms with van der Waals surface area (Å²) in [7, 11) is 0. The minimum absolute atomic E-state index is 0.0222. The number of nitrogens with one attached hydrogen (secondary N) is 1. The topological polar surface area (TPSA) is 99.1 Å². The van der Waals surface area contributed by atoms with Crippen LogP contribution in [0.3, 0.4) is 0 Å². The first kappa shape index (κ1) is 29.6. The largest absolute Gasteiger partial charge is 0.482 e. The van der Waals surface area contributed by atoms with E-state index < -0.39 is 18.2 Å². The molecule has 0 aliphatic heterocycles. The summed E-state index contributed by atoms with van der Waals surface area (Å²) < 4.78 is 7.25. The second-order valence-corrected chi connectivity index (χ2v) is 14.2. The molecule has 4 saturated carbocycles. The van der Waals surface area contributed by atoms with Crippen molar-refractivity contribution in [2.24, 2.45) is 23.2 Å². The highest BCUT2D eigenvalue weighted by atomic mass is 127. The first-order valence-electron chi connectivity index (χ1n) is 15.3. The van der Waals surface area contributed by atoms with Crippen LogP contribution in [-0.4, -0.2) is 64.9 Å². The Kier molecular flexibility index (Phi) is 8.93. The van der Waals surface area contributed by atoms with Gasteiger partial charge in [0, 0.05) is 25.1 Å². The number of hydrogen-bond donors (Lipinski definition) is 3. The smallest absolute Gasteiger partial charge is 0.247 e. The second-order valence-electron chi connectivity index (χ2n) is 13.0. The van der Waals surface area contributed by atoms with Gasteiger partial charge in [-0.25, -0.2) is 0 Å². The quantitative estimate of drug-likeness (QED) is 0.321. The van der Waals surface area contributed by atoms with Crippen LogP contribution in [0, 0.1) is 26.7 Å². The maximum absolute atomic E-state index is 14.3. The number of amides is 2. The molecular formula is C34H41IN2O5. The van der Waals surface area contributed by atoms with Crippen molar-refractivity contribution in [3.05, 3.63) is 75.4 Å². The van der Waals surface area contributed by atoms with Gasteiger partial charge in [-0.3, -0.25) is 9.59 Å². The summed E-state index contributed by atoms with van der Waals surface area (Å²) in [5.74, 6) is 2.49. The highest BCUT2D eigenvalue weighted by Crippen LogP contribution is 2.60. The van der Waals surface area contributed by atoms with Crippen LogP contribution in [0.2, 0.25) is 0 Å². The van der Waals surface area contributed by atoms with Crippen LogP contribution in [0.15, 0.2) is 66.2 Å². The molecule has 0 saturated heterocycles. The molecule has 224 valence electrons. The maximum Gasteiger partial charge on any atom is 0.247 e. The number of halogens is 1. The molecule has 3 unspecified atom stereocenters. The average Bonchev–Trinajstić information content (AvgIpc) is 2.97. The van der Waals surface area contributed by atoms with Gasteiger partial charge in [0.1, 0.15) is 18.0 Å². The number of carbonyl (C=O) groups is 2. The number of aliphatic hydroxyl groups excluding tert-OH is 2. The number of benzene rings is 2. The highest BCUT2D eigenvalue weighted by Gasteiger charge is 2.53. The van der Waals surface area contributed by atoms with E-state index in [2.05, 4.69) is 27.9 Å². The van der Waals surface area contributed by atoms with Crippen LogP contribution >= 0.6 is 22.6 Å². The van der Waals surface area contributed by atoms with E-state index >= 15 is 0 Å². The summed E-state index contributed by atoms with van der Waals surface area (Å²) in [4.78, 5) is 29.4. The molecule has 3 atom stereocenters. The summed E-state index contributed by atoms with van der Waals surface area (Å²) in [5, 5.41) is 24.0. The number of carbonyl (C=O) groups excluding carboxylic acids is 2. The molecule has 4 bridgehead atoms. The van der Waals surface area contributed by atoms with E-state index in [1.165, 1.54) is 19.3 Å². The molecule has 5 aliphatic carbocycles. The molecule has 8 heteroatoms. The number of hydrogen-bond acceptors (Lipinski definition) is 5. The monoisotopic (exact) mass is 684 g/mol. The van der Waals surface area contributed by atoms with E-state index in [4.69, 9.17) is 4.74 Å². The minimum atomic E-state index is -1.01. The Hall–Kier alpha value is -2.43. The number of para-hydroxylation sites is 1. The Morgan fingerprint density at radius 3 is 2.26 bits per heavy atom. The molecule has 3 N–H and O–H groups in total. The zero-order valence-electron chi connectivity index (χ0n) is 24.0. The van der Waals surface area contributed by atoms with Crippen molar-refractivity contribution in [2.45, 2.75) is 69.6 Å². The van der Waals surface area contributed by atoms with Gasteiger partial charge in [0.05, 0.1) is 22.6 Å². The fourth-order valence-corrected chi connectivity index (χ4v) is 9.09. The summed E-state index contributed by atoms with van der Waals surface area (Å²) in [6.45, 7) is 0.571. The van der Waals surface area contributed by atoms with Gasteiger partial charge in [0.15, 0.2) is 0 Å². The Morgan fingerprint density at radius 2 is 1.62 bits per heavy atom. The third-order valence-corrected chi connectivity index (χ3v) is 10.8. The lowest BCUT2D eigenvalue weighted by molar-refractivity contribution is -0.146. The molecule has 7 rings (SSSR count). The SMILES string of the molecule is O=C(NCCO)C1=CC(Oc2ccccc2I)C(O)C(N(CC23CC4CC(CC(C4)C2)C3)C(=O)Cc2ccccc2)C1. The molecule has 42 heavy (non-hydrogen) atoms. The molecule has 7 nitrogen and oxygen atoms in total. The van der Waals surface area contributed by atoms with Crippen LogP contribution in [0.1, 0.15) is 50.5 Å². The van der Waals surface area contributed by atoms with E-state index in [9.17, 15) is 19.8 Å². The average molecular weight is 685 g/mol. The molecule has 0 radical (unpaired) electrons. The van der Waals surface area contributed by atoms with Crippen LogP contribution in [0.25, 0.3) is 0 Å². The maximum atomic E-state index is 14.3. The summed E-state index contributed by atoms with van der Waals surface area (Å²) >= 11 is 2.20. The van der Waals surface area contributed by atoms with Gasteiger partial charge in [-0.15, -0.1) is 0 Å².